The predicted octanol–water partition coefficient (Wildman–Crippen LogP) is 5.01. The highest BCUT2D eigenvalue weighted by molar-refractivity contribution is 7.91. The number of nitrogens with one attached hydrogen (secondary N) is 1. The summed E-state index contributed by atoms with van der Waals surface area (Å²) in [5.74, 6) is 0. The van der Waals surface area contributed by atoms with E-state index in [2.05, 4.69) is 40.2 Å². The maximum atomic E-state index is 13.3. The topological polar surface area (TPSA) is 117 Å². The van der Waals surface area contributed by atoms with Crippen LogP contribution in [0, 0.1) is 11.3 Å². The van der Waals surface area contributed by atoms with E-state index in [-0.39, 0.29) is 17.0 Å². The Hall–Kier alpha value is -4.20. The van der Waals surface area contributed by atoms with Gasteiger partial charge in [0.1, 0.15) is 15.5 Å². The van der Waals surface area contributed by atoms with Crippen molar-refractivity contribution in [2.75, 3.05) is 19.3 Å². The predicted molar refractivity (Wildman–Crippen MR) is 166 cm³/mol. The van der Waals surface area contributed by atoms with Crippen molar-refractivity contribution in [3.05, 3.63) is 76.3 Å². The Balaban J connectivity index is 1.45. The molecule has 6 rings (SSSR count). The quantitative estimate of drug-likeness (QED) is 0.301. The molecule has 1 aliphatic heterocycles. The van der Waals surface area contributed by atoms with Crippen molar-refractivity contribution in [1.82, 2.24) is 24.0 Å². The first-order valence-electron chi connectivity index (χ1n) is 14.2. The molecule has 1 aliphatic rings. The lowest BCUT2D eigenvalue weighted by Crippen LogP contribution is -2.38. The molecule has 1 N–H and O–H groups in total. The summed E-state index contributed by atoms with van der Waals surface area (Å²) >= 11 is 0. The average molecular weight is 583 g/mol. The van der Waals surface area contributed by atoms with Crippen LogP contribution < -0.4 is 5.69 Å². The fourth-order valence-electron chi connectivity index (χ4n) is 6.20. The van der Waals surface area contributed by atoms with E-state index in [9.17, 15) is 18.5 Å². The molecule has 3 aromatic heterocycles. The number of piperidine rings is 1. The van der Waals surface area contributed by atoms with Gasteiger partial charge in [0.15, 0.2) is 0 Å². The number of H-pyrrole nitrogens is 1. The van der Waals surface area contributed by atoms with Crippen molar-refractivity contribution < 1.29 is 8.42 Å². The third-order valence-electron chi connectivity index (χ3n) is 8.48. The number of aryl methyl sites for hydroxylation is 1. The first kappa shape index (κ1) is 27.9. The molecule has 1 saturated heterocycles. The molecule has 4 heterocycles. The van der Waals surface area contributed by atoms with Gasteiger partial charge in [0, 0.05) is 31.5 Å². The van der Waals surface area contributed by atoms with Gasteiger partial charge < -0.3 is 4.98 Å². The SMILES string of the molecule is CC(C)n1c(=O)n(C)c2cnc3[nH]c(-c4ccc(CN5CCC(S(C)(=O)=O)CC5)cc4)c(-c4ccc(C#N)cc4)c3c21. The highest BCUT2D eigenvalue weighted by atomic mass is 32.2. The summed E-state index contributed by atoms with van der Waals surface area (Å²) in [6, 6.07) is 18.0. The van der Waals surface area contributed by atoms with E-state index < -0.39 is 9.84 Å². The second kappa shape index (κ2) is 10.6. The molecule has 0 spiro atoms. The maximum absolute atomic E-state index is 13.3. The molecule has 0 atom stereocenters. The zero-order valence-corrected chi connectivity index (χ0v) is 25.1. The second-order valence-corrected chi connectivity index (χ2v) is 13.9. The van der Waals surface area contributed by atoms with Crippen LogP contribution in [-0.4, -0.2) is 57.0 Å². The number of hydrogen-bond acceptors (Lipinski definition) is 6. The van der Waals surface area contributed by atoms with Crippen LogP contribution in [0.1, 0.15) is 43.9 Å². The van der Waals surface area contributed by atoms with E-state index in [1.54, 1.807) is 17.8 Å². The molecule has 5 aromatic rings. The van der Waals surface area contributed by atoms with Crippen molar-refractivity contribution in [3.8, 4) is 28.5 Å². The van der Waals surface area contributed by atoms with Crippen molar-refractivity contribution in [2.24, 2.45) is 7.05 Å². The maximum Gasteiger partial charge on any atom is 0.329 e. The Morgan fingerprint density at radius 1 is 1.05 bits per heavy atom. The van der Waals surface area contributed by atoms with Gasteiger partial charge in [-0.25, -0.2) is 18.2 Å². The van der Waals surface area contributed by atoms with Crippen LogP contribution in [0.5, 0.6) is 0 Å². The van der Waals surface area contributed by atoms with Crippen LogP contribution in [0.25, 0.3) is 44.5 Å². The Morgan fingerprint density at radius 3 is 2.29 bits per heavy atom. The van der Waals surface area contributed by atoms with E-state index in [0.29, 0.717) is 24.1 Å². The molecule has 0 bridgehead atoms. The summed E-state index contributed by atoms with van der Waals surface area (Å²) in [6.07, 6.45) is 4.42. The third-order valence-corrected chi connectivity index (χ3v) is 10.2. The minimum absolute atomic E-state index is 0.0549. The number of nitrogens with zero attached hydrogens (tertiary/aromatic N) is 5. The van der Waals surface area contributed by atoms with E-state index >= 15 is 0 Å². The van der Waals surface area contributed by atoms with Crippen LogP contribution >= 0.6 is 0 Å². The first-order chi connectivity index (χ1) is 20.1. The number of fused-ring (bicyclic) bond motifs is 3. The minimum atomic E-state index is -2.99. The van der Waals surface area contributed by atoms with Gasteiger partial charge in [-0.1, -0.05) is 36.4 Å². The van der Waals surface area contributed by atoms with E-state index in [4.69, 9.17) is 4.98 Å². The molecule has 1 fully saturated rings. The van der Waals surface area contributed by atoms with Crippen LogP contribution in [0.2, 0.25) is 0 Å². The zero-order valence-electron chi connectivity index (χ0n) is 24.3. The molecule has 9 nitrogen and oxygen atoms in total. The van der Waals surface area contributed by atoms with Gasteiger partial charge in [-0.2, -0.15) is 5.26 Å². The Morgan fingerprint density at radius 2 is 1.69 bits per heavy atom. The molecule has 10 heteroatoms. The van der Waals surface area contributed by atoms with Crippen molar-refractivity contribution in [3.63, 3.8) is 0 Å². The highest BCUT2D eigenvalue weighted by Crippen LogP contribution is 2.41. The number of aromatic nitrogens is 4. The summed E-state index contributed by atoms with van der Waals surface area (Å²) in [4.78, 5) is 23.9. The van der Waals surface area contributed by atoms with Crippen LogP contribution in [0.15, 0.2) is 59.5 Å². The third kappa shape index (κ3) is 4.82. The van der Waals surface area contributed by atoms with Crippen LogP contribution in [0.4, 0.5) is 0 Å². The van der Waals surface area contributed by atoms with E-state index in [1.165, 1.54) is 6.26 Å². The standard InChI is InChI=1S/C32H34N6O3S/c1-20(2)38-30-26(36(3)32(38)39)18-34-31-28(30)27(23-9-5-21(17-33)6-10-23)29(35-31)24-11-7-22(8-12-24)19-37-15-13-25(14-16-37)42(4,40)41/h5-12,18,20,25H,13-16,19H2,1-4H3,(H,34,35). The summed E-state index contributed by atoms with van der Waals surface area (Å²) in [7, 11) is -1.22. The van der Waals surface area contributed by atoms with Gasteiger partial charge in [0.25, 0.3) is 0 Å². The average Bonchev–Trinajstić information content (AvgIpc) is 3.48. The number of benzene rings is 2. The van der Waals surface area contributed by atoms with Crippen molar-refractivity contribution >= 4 is 31.9 Å². The summed E-state index contributed by atoms with van der Waals surface area (Å²) in [5.41, 5.74) is 7.66. The molecule has 0 saturated carbocycles. The molecule has 0 radical (unpaired) electrons. The normalized spacial score (nSPS) is 15.1. The highest BCUT2D eigenvalue weighted by Gasteiger charge is 2.27. The second-order valence-electron chi connectivity index (χ2n) is 11.6. The number of aromatic amines is 1. The fourth-order valence-corrected chi connectivity index (χ4v) is 7.27. The smallest absolute Gasteiger partial charge is 0.329 e. The number of likely N-dealkylation sites (tertiary alicyclic amines) is 1. The van der Waals surface area contributed by atoms with Gasteiger partial charge in [0.05, 0.1) is 45.2 Å². The molecule has 216 valence electrons. The summed E-state index contributed by atoms with van der Waals surface area (Å²) < 4.78 is 27.3. The Labute approximate surface area is 244 Å². The van der Waals surface area contributed by atoms with Gasteiger partial charge in [-0.3, -0.25) is 14.0 Å². The largest absolute Gasteiger partial charge is 0.339 e. The number of hydrogen-bond donors (Lipinski definition) is 1. The lowest BCUT2D eigenvalue weighted by atomic mass is 9.97. The van der Waals surface area contributed by atoms with Crippen LogP contribution in [-0.2, 0) is 23.4 Å². The zero-order chi connectivity index (χ0) is 29.8. The molecular formula is C32H34N6O3S. The summed E-state index contributed by atoms with van der Waals surface area (Å²) in [6.45, 7) is 6.30. The number of imidazole rings is 1. The lowest BCUT2D eigenvalue weighted by Gasteiger charge is -2.31. The molecular weight excluding hydrogens is 548 g/mol. The van der Waals surface area contributed by atoms with Gasteiger partial charge >= 0.3 is 5.69 Å². The number of sulfone groups is 1. The monoisotopic (exact) mass is 582 g/mol. The number of pyridine rings is 1. The minimum Gasteiger partial charge on any atom is -0.339 e. The fraction of sp³-hybridized carbons (Fsp3) is 0.344. The molecule has 42 heavy (non-hydrogen) atoms. The van der Waals surface area contributed by atoms with E-state index in [0.717, 1.165) is 64.0 Å². The molecule has 0 unspecified atom stereocenters. The Kier molecular flexibility index (Phi) is 7.03. The number of nitriles is 1. The number of rotatable bonds is 6. The molecule has 0 amide bonds. The molecule has 0 aliphatic carbocycles. The van der Waals surface area contributed by atoms with Gasteiger partial charge in [0.2, 0.25) is 0 Å². The van der Waals surface area contributed by atoms with Crippen molar-refractivity contribution in [2.45, 2.75) is 44.5 Å². The van der Waals surface area contributed by atoms with Gasteiger partial charge in [-0.15, -0.1) is 0 Å². The van der Waals surface area contributed by atoms with Crippen molar-refractivity contribution in [1.29, 1.82) is 5.26 Å². The van der Waals surface area contributed by atoms with Crippen LogP contribution in [0.3, 0.4) is 0 Å². The molecule has 2 aromatic carbocycles. The summed E-state index contributed by atoms with van der Waals surface area (Å²) in [5, 5.41) is 10.0. The first-order valence-corrected chi connectivity index (χ1v) is 16.1. The Bertz CT molecular complexity index is 2000. The lowest BCUT2D eigenvalue weighted by molar-refractivity contribution is 0.222. The van der Waals surface area contributed by atoms with E-state index in [1.807, 2.05) is 42.7 Å². The van der Waals surface area contributed by atoms with Gasteiger partial charge in [-0.05, 0) is 68.6 Å².